The van der Waals surface area contributed by atoms with Crippen molar-refractivity contribution < 1.29 is 9.90 Å². The summed E-state index contributed by atoms with van der Waals surface area (Å²) in [4.78, 5) is 12.0. The number of hydrogen-bond donors (Lipinski definition) is 1. The summed E-state index contributed by atoms with van der Waals surface area (Å²) in [6, 6.07) is 1.65. The first-order chi connectivity index (χ1) is 7.97. The monoisotopic (exact) mass is 246 g/mol. The Kier molecular flexibility index (Phi) is 4.24. The zero-order valence-electron chi connectivity index (χ0n) is 9.69. The van der Waals surface area contributed by atoms with E-state index in [0.717, 1.165) is 21.6 Å². The van der Waals surface area contributed by atoms with E-state index >= 15 is 0 Å². The third-order valence-corrected chi connectivity index (χ3v) is 3.51. The van der Waals surface area contributed by atoms with Crippen LogP contribution in [0.3, 0.4) is 0 Å². The van der Waals surface area contributed by atoms with E-state index < -0.39 is 5.97 Å². The van der Waals surface area contributed by atoms with E-state index in [1.165, 1.54) is 11.3 Å². The van der Waals surface area contributed by atoms with Crippen LogP contribution in [0, 0.1) is 6.92 Å². The van der Waals surface area contributed by atoms with E-state index in [0.29, 0.717) is 4.88 Å². The molecule has 0 unspecified atom stereocenters. The fourth-order valence-electron chi connectivity index (χ4n) is 1.32. The first-order valence-electron chi connectivity index (χ1n) is 4.98. The van der Waals surface area contributed by atoms with Gasteiger partial charge in [-0.05, 0) is 29.7 Å². The van der Waals surface area contributed by atoms with Crippen LogP contribution in [0.1, 0.15) is 20.1 Å². The topological polar surface area (TPSA) is 37.3 Å². The molecule has 0 spiro atoms. The normalized spacial score (nSPS) is 10.4. The smallest absolute Gasteiger partial charge is 0.345 e. The van der Waals surface area contributed by atoms with E-state index in [2.05, 4.69) is 19.7 Å². The second-order valence-electron chi connectivity index (χ2n) is 3.53. The molecule has 88 valence electrons. The Morgan fingerprint density at radius 3 is 2.59 bits per heavy atom. The molecule has 0 saturated carbocycles. The lowest BCUT2D eigenvalue weighted by Gasteiger charge is -2.03. The highest BCUT2D eigenvalue weighted by Crippen LogP contribution is 2.31. The summed E-state index contributed by atoms with van der Waals surface area (Å²) in [6.07, 6.45) is 5.23. The van der Waals surface area contributed by atoms with Crippen LogP contribution in [-0.2, 0) is 0 Å². The molecule has 1 rings (SSSR count). The molecule has 1 aromatic heterocycles. The third-order valence-electron chi connectivity index (χ3n) is 2.22. The van der Waals surface area contributed by atoms with Crippen molar-refractivity contribution in [1.29, 1.82) is 0 Å². The van der Waals surface area contributed by atoms with Crippen molar-refractivity contribution in [2.45, 2.75) is 6.92 Å². The van der Waals surface area contributed by atoms with Crippen LogP contribution in [0.25, 0.3) is 5.57 Å². The summed E-state index contributed by atoms with van der Waals surface area (Å²) in [7, 11) is 0. The number of carbonyl (C=O) groups is 1. The molecule has 2 nitrogen and oxygen atoms in total. The molecule has 0 amide bonds. The van der Waals surface area contributed by atoms with Gasteiger partial charge >= 0.3 is 5.97 Å². The van der Waals surface area contributed by atoms with Crippen LogP contribution in [-0.4, -0.2) is 11.1 Å². The lowest BCUT2D eigenvalue weighted by Crippen LogP contribution is -1.89. The molecule has 0 aliphatic rings. The molecule has 0 aromatic carbocycles. The van der Waals surface area contributed by atoms with Crippen LogP contribution in [0.4, 0.5) is 0 Å². The lowest BCUT2D eigenvalue weighted by molar-refractivity contribution is 0.0702. The Labute approximate surface area is 105 Å². The van der Waals surface area contributed by atoms with Gasteiger partial charge in [0.1, 0.15) is 4.88 Å². The molecule has 0 aliphatic carbocycles. The number of aryl methyl sites for hydroxylation is 1. The summed E-state index contributed by atoms with van der Waals surface area (Å²) < 4.78 is 0. The van der Waals surface area contributed by atoms with Crippen LogP contribution < -0.4 is 0 Å². The minimum absolute atomic E-state index is 0.319. The molecule has 3 heteroatoms. The summed E-state index contributed by atoms with van der Waals surface area (Å²) in [6.45, 7) is 13.3. The molecule has 0 fully saturated rings. The minimum Gasteiger partial charge on any atom is -0.477 e. The van der Waals surface area contributed by atoms with Crippen molar-refractivity contribution in [3.63, 3.8) is 0 Å². The Morgan fingerprint density at radius 1 is 1.47 bits per heavy atom. The van der Waals surface area contributed by atoms with Gasteiger partial charge < -0.3 is 5.11 Å². The van der Waals surface area contributed by atoms with Gasteiger partial charge in [-0.1, -0.05) is 38.0 Å². The quantitative estimate of drug-likeness (QED) is 0.795. The predicted octanol–water partition coefficient (Wildman–Crippen LogP) is 4.07. The summed E-state index contributed by atoms with van der Waals surface area (Å²) in [5, 5.41) is 8.92. The summed E-state index contributed by atoms with van der Waals surface area (Å²) in [5.74, 6) is -0.913. The maximum absolute atomic E-state index is 10.9. The van der Waals surface area contributed by atoms with Gasteiger partial charge in [-0.15, -0.1) is 11.3 Å². The first-order valence-corrected chi connectivity index (χ1v) is 5.80. The highest BCUT2D eigenvalue weighted by atomic mass is 32.1. The summed E-state index contributed by atoms with van der Waals surface area (Å²) in [5.41, 5.74) is 2.41. The number of hydrogen-bond acceptors (Lipinski definition) is 2. The van der Waals surface area contributed by atoms with Crippen LogP contribution in [0.5, 0.6) is 0 Å². The van der Waals surface area contributed by atoms with Crippen LogP contribution in [0.15, 0.2) is 49.6 Å². The molecule has 0 atom stereocenters. The third kappa shape index (κ3) is 3.04. The van der Waals surface area contributed by atoms with Crippen LogP contribution >= 0.6 is 11.3 Å². The fourth-order valence-corrected chi connectivity index (χ4v) is 2.33. The van der Waals surface area contributed by atoms with Crippen molar-refractivity contribution in [2.75, 3.05) is 0 Å². The number of thiophene rings is 1. The van der Waals surface area contributed by atoms with Gasteiger partial charge in [-0.2, -0.15) is 0 Å². The molecule has 0 radical (unpaired) electrons. The molecular weight excluding hydrogens is 232 g/mol. The number of aromatic carboxylic acids is 1. The average molecular weight is 246 g/mol. The van der Waals surface area contributed by atoms with Crippen molar-refractivity contribution in [2.24, 2.45) is 0 Å². The molecule has 1 N–H and O–H groups in total. The molecule has 0 saturated heterocycles. The number of carboxylic acid groups (broad SMARTS) is 1. The second kappa shape index (κ2) is 5.46. The lowest BCUT2D eigenvalue weighted by atomic mass is 10.1. The predicted molar refractivity (Wildman–Crippen MR) is 73.5 cm³/mol. The Bertz CT molecular complexity index is 518. The zero-order chi connectivity index (χ0) is 13.0. The van der Waals surface area contributed by atoms with Crippen molar-refractivity contribution in [3.05, 3.63) is 64.9 Å². The maximum atomic E-state index is 10.9. The molecule has 1 aromatic rings. The SMILES string of the molecule is C=C/C=C\C(=C)C(=C)c1sc(C(=O)O)cc1C. The van der Waals surface area contributed by atoms with Crippen molar-refractivity contribution in [1.82, 2.24) is 0 Å². The van der Waals surface area contributed by atoms with Gasteiger partial charge in [-0.3, -0.25) is 0 Å². The molecule has 17 heavy (non-hydrogen) atoms. The average Bonchev–Trinajstić information content (AvgIpc) is 2.67. The van der Waals surface area contributed by atoms with Crippen molar-refractivity contribution >= 4 is 22.9 Å². The Balaban J connectivity index is 3.04. The van der Waals surface area contributed by atoms with E-state index in [1.54, 1.807) is 24.3 Å². The van der Waals surface area contributed by atoms with E-state index in [9.17, 15) is 4.79 Å². The summed E-state index contributed by atoms with van der Waals surface area (Å²) >= 11 is 1.22. The van der Waals surface area contributed by atoms with Gasteiger partial charge in [0.05, 0.1) is 0 Å². The van der Waals surface area contributed by atoms with Gasteiger partial charge in [0.15, 0.2) is 0 Å². The standard InChI is InChI=1S/C14H14O2S/c1-5-6-7-9(2)11(4)13-10(3)8-12(17-13)14(15)16/h5-8H,1-2,4H2,3H3,(H,15,16)/b7-6-. The van der Waals surface area contributed by atoms with E-state index in [-0.39, 0.29) is 0 Å². The van der Waals surface area contributed by atoms with Gasteiger partial charge in [0, 0.05) is 4.88 Å². The number of rotatable bonds is 5. The van der Waals surface area contributed by atoms with Gasteiger partial charge in [-0.25, -0.2) is 4.79 Å². The van der Waals surface area contributed by atoms with Crippen LogP contribution in [0.2, 0.25) is 0 Å². The second-order valence-corrected chi connectivity index (χ2v) is 4.58. The molecule has 0 bridgehead atoms. The maximum Gasteiger partial charge on any atom is 0.345 e. The van der Waals surface area contributed by atoms with Gasteiger partial charge in [0.2, 0.25) is 0 Å². The molecule has 1 heterocycles. The molecular formula is C14H14O2S. The molecule has 0 aliphatic heterocycles. The minimum atomic E-state index is -0.913. The number of carboxylic acids is 1. The number of allylic oxidation sites excluding steroid dienone is 5. The van der Waals surface area contributed by atoms with Crippen molar-refractivity contribution in [3.8, 4) is 0 Å². The Morgan fingerprint density at radius 2 is 2.12 bits per heavy atom. The first kappa shape index (κ1) is 13.2. The zero-order valence-corrected chi connectivity index (χ0v) is 10.5. The van der Waals surface area contributed by atoms with E-state index in [1.807, 2.05) is 6.92 Å². The Hall–Kier alpha value is -1.87. The highest BCUT2D eigenvalue weighted by Gasteiger charge is 2.13. The fraction of sp³-hybridized carbons (Fsp3) is 0.0714. The van der Waals surface area contributed by atoms with Gasteiger partial charge in [0.25, 0.3) is 0 Å². The largest absolute Gasteiger partial charge is 0.477 e. The van der Waals surface area contributed by atoms with E-state index in [4.69, 9.17) is 5.11 Å². The highest BCUT2D eigenvalue weighted by molar-refractivity contribution is 7.15.